The highest BCUT2D eigenvalue weighted by atomic mass is 16.6. The third kappa shape index (κ3) is 6.36. The quantitative estimate of drug-likeness (QED) is 0.637. The zero-order chi connectivity index (χ0) is 25.0. The molecule has 0 bridgehead atoms. The molecular weight excluding hydrogens is 446 g/mol. The molecule has 1 amide bonds. The van der Waals surface area contributed by atoms with Crippen molar-refractivity contribution in [2.75, 3.05) is 29.6 Å². The normalized spacial score (nSPS) is 20.4. The molecule has 9 nitrogen and oxygen atoms in total. The second kappa shape index (κ2) is 10.4. The van der Waals surface area contributed by atoms with Crippen LogP contribution in [0.2, 0.25) is 0 Å². The van der Waals surface area contributed by atoms with Crippen molar-refractivity contribution >= 4 is 29.1 Å². The van der Waals surface area contributed by atoms with Crippen LogP contribution < -0.4 is 15.2 Å². The van der Waals surface area contributed by atoms with Gasteiger partial charge in [-0.25, -0.2) is 9.78 Å². The van der Waals surface area contributed by atoms with Crippen LogP contribution in [0.15, 0.2) is 53.8 Å². The zero-order valence-electron chi connectivity index (χ0n) is 20.7. The van der Waals surface area contributed by atoms with E-state index < -0.39 is 17.6 Å². The van der Waals surface area contributed by atoms with E-state index in [1.165, 1.54) is 0 Å². The monoisotopic (exact) mass is 479 g/mol. The summed E-state index contributed by atoms with van der Waals surface area (Å²) in [6, 6.07) is 12.5. The second-order valence-corrected chi connectivity index (χ2v) is 9.81. The van der Waals surface area contributed by atoms with Crippen molar-refractivity contribution in [3.63, 3.8) is 0 Å². The summed E-state index contributed by atoms with van der Waals surface area (Å²) in [7, 11) is 0. The van der Waals surface area contributed by atoms with Crippen LogP contribution in [0.1, 0.15) is 39.7 Å². The van der Waals surface area contributed by atoms with E-state index in [9.17, 15) is 9.59 Å². The first kappa shape index (κ1) is 24.7. The molecule has 0 spiro atoms. The number of carbonyl (C=O) groups is 2. The predicted octanol–water partition coefficient (Wildman–Crippen LogP) is 2.90. The SMILES string of the molecule is C[C@H]1CN(c2ccc(CNC(=O)C3=NN(c4ccccc4)[C@@H](C(=O)OC(C)(C)C)C3)cn2)CCO1. The average Bonchev–Trinajstić information content (AvgIpc) is 3.28. The van der Waals surface area contributed by atoms with Crippen molar-refractivity contribution in [1.29, 1.82) is 0 Å². The number of pyridine rings is 1. The number of esters is 1. The Balaban J connectivity index is 1.40. The van der Waals surface area contributed by atoms with Crippen LogP contribution in [-0.2, 0) is 25.6 Å². The fraction of sp³-hybridized carbons (Fsp3) is 0.462. The molecule has 1 fully saturated rings. The van der Waals surface area contributed by atoms with Crippen molar-refractivity contribution in [3.8, 4) is 0 Å². The van der Waals surface area contributed by atoms with Gasteiger partial charge in [0.2, 0.25) is 0 Å². The second-order valence-electron chi connectivity index (χ2n) is 9.81. The Hall–Kier alpha value is -3.46. The Labute approximate surface area is 206 Å². The topological polar surface area (TPSA) is 96.4 Å². The van der Waals surface area contributed by atoms with Gasteiger partial charge in [0.05, 0.1) is 18.4 Å². The van der Waals surface area contributed by atoms with E-state index in [4.69, 9.17) is 9.47 Å². The van der Waals surface area contributed by atoms with Crippen molar-refractivity contribution in [2.45, 2.75) is 58.4 Å². The van der Waals surface area contributed by atoms with Gasteiger partial charge in [-0.1, -0.05) is 24.3 Å². The number of rotatable bonds is 6. The van der Waals surface area contributed by atoms with Crippen LogP contribution in [-0.4, -0.2) is 60.0 Å². The largest absolute Gasteiger partial charge is 0.458 e. The summed E-state index contributed by atoms with van der Waals surface area (Å²) in [6.07, 6.45) is 2.12. The maximum atomic E-state index is 12.9. The summed E-state index contributed by atoms with van der Waals surface area (Å²) in [6.45, 7) is 10.1. The van der Waals surface area contributed by atoms with Gasteiger partial charge in [0, 0.05) is 32.3 Å². The molecule has 2 aromatic rings. The lowest BCUT2D eigenvalue weighted by molar-refractivity contribution is -0.156. The maximum absolute atomic E-state index is 12.9. The number of benzene rings is 1. The summed E-state index contributed by atoms with van der Waals surface area (Å²) < 4.78 is 11.2. The van der Waals surface area contributed by atoms with Gasteiger partial charge in [0.15, 0.2) is 6.04 Å². The van der Waals surface area contributed by atoms with Crippen molar-refractivity contribution < 1.29 is 19.1 Å². The van der Waals surface area contributed by atoms with E-state index in [1.54, 1.807) is 11.2 Å². The van der Waals surface area contributed by atoms with Crippen LogP contribution in [0, 0.1) is 0 Å². The Morgan fingerprint density at radius 2 is 1.94 bits per heavy atom. The highest BCUT2D eigenvalue weighted by Crippen LogP contribution is 2.26. The molecule has 0 unspecified atom stereocenters. The number of hydrogen-bond donors (Lipinski definition) is 1. The number of nitrogens with one attached hydrogen (secondary N) is 1. The van der Waals surface area contributed by atoms with Crippen molar-refractivity contribution in [3.05, 3.63) is 54.2 Å². The number of anilines is 2. The molecule has 2 atom stereocenters. The number of nitrogens with zero attached hydrogens (tertiary/aromatic N) is 4. The van der Waals surface area contributed by atoms with Crippen molar-refractivity contribution in [2.24, 2.45) is 5.10 Å². The lowest BCUT2D eigenvalue weighted by atomic mass is 10.1. The molecule has 186 valence electrons. The lowest BCUT2D eigenvalue weighted by Gasteiger charge is -2.32. The fourth-order valence-corrected chi connectivity index (χ4v) is 4.04. The molecule has 1 aromatic carbocycles. The van der Waals surface area contributed by atoms with Crippen LogP contribution in [0.5, 0.6) is 0 Å². The van der Waals surface area contributed by atoms with E-state index >= 15 is 0 Å². The van der Waals surface area contributed by atoms with Crippen LogP contribution in [0.25, 0.3) is 0 Å². The van der Waals surface area contributed by atoms with Gasteiger partial charge in [-0.3, -0.25) is 9.80 Å². The smallest absolute Gasteiger partial charge is 0.331 e. The summed E-state index contributed by atoms with van der Waals surface area (Å²) in [4.78, 5) is 32.6. The molecule has 2 aliphatic rings. The van der Waals surface area contributed by atoms with Gasteiger partial charge >= 0.3 is 5.97 Å². The maximum Gasteiger partial charge on any atom is 0.331 e. The van der Waals surface area contributed by atoms with Gasteiger partial charge in [0.25, 0.3) is 5.91 Å². The zero-order valence-corrected chi connectivity index (χ0v) is 20.7. The van der Waals surface area contributed by atoms with Crippen LogP contribution in [0.4, 0.5) is 11.5 Å². The summed E-state index contributed by atoms with van der Waals surface area (Å²) >= 11 is 0. The van der Waals surface area contributed by atoms with Gasteiger partial charge < -0.3 is 19.7 Å². The minimum absolute atomic E-state index is 0.169. The minimum atomic E-state index is -0.700. The number of amides is 1. The molecule has 0 radical (unpaired) electrons. The Morgan fingerprint density at radius 3 is 2.60 bits per heavy atom. The summed E-state index contributed by atoms with van der Waals surface area (Å²) in [5, 5.41) is 8.97. The Kier molecular flexibility index (Phi) is 7.35. The van der Waals surface area contributed by atoms with Gasteiger partial charge in [-0.2, -0.15) is 5.10 Å². The third-order valence-corrected chi connectivity index (χ3v) is 5.70. The molecule has 3 heterocycles. The van der Waals surface area contributed by atoms with Crippen LogP contribution >= 0.6 is 0 Å². The number of carbonyl (C=O) groups excluding carboxylic acids is 2. The minimum Gasteiger partial charge on any atom is -0.458 e. The lowest BCUT2D eigenvalue weighted by Crippen LogP contribution is -2.41. The van der Waals surface area contributed by atoms with E-state index in [2.05, 4.69) is 20.3 Å². The molecule has 2 aliphatic heterocycles. The predicted molar refractivity (Wildman–Crippen MR) is 134 cm³/mol. The number of para-hydroxylation sites is 1. The molecule has 0 saturated carbocycles. The van der Waals surface area contributed by atoms with Crippen LogP contribution in [0.3, 0.4) is 0 Å². The highest BCUT2D eigenvalue weighted by Gasteiger charge is 2.38. The first-order chi connectivity index (χ1) is 16.7. The highest BCUT2D eigenvalue weighted by molar-refractivity contribution is 6.40. The molecule has 0 aliphatic carbocycles. The Morgan fingerprint density at radius 1 is 1.17 bits per heavy atom. The van der Waals surface area contributed by atoms with E-state index in [0.29, 0.717) is 13.2 Å². The number of morpholine rings is 1. The molecular formula is C26H33N5O4. The Bertz CT molecular complexity index is 1070. The number of hydrogen-bond acceptors (Lipinski definition) is 8. The molecule has 35 heavy (non-hydrogen) atoms. The summed E-state index contributed by atoms with van der Waals surface area (Å²) in [5.74, 6) is 0.169. The average molecular weight is 480 g/mol. The molecule has 1 aromatic heterocycles. The molecule has 1 saturated heterocycles. The molecule has 1 N–H and O–H groups in total. The number of ether oxygens (including phenoxy) is 2. The van der Waals surface area contributed by atoms with Gasteiger partial charge in [-0.15, -0.1) is 0 Å². The van der Waals surface area contributed by atoms with Gasteiger partial charge in [0.1, 0.15) is 17.1 Å². The molecule has 9 heteroatoms. The fourth-order valence-electron chi connectivity index (χ4n) is 4.04. The summed E-state index contributed by atoms with van der Waals surface area (Å²) in [5.41, 5.74) is 1.26. The third-order valence-electron chi connectivity index (χ3n) is 5.70. The number of aromatic nitrogens is 1. The van der Waals surface area contributed by atoms with Gasteiger partial charge in [-0.05, 0) is 51.5 Å². The first-order valence-electron chi connectivity index (χ1n) is 11.9. The number of hydrazone groups is 1. The van der Waals surface area contributed by atoms with E-state index in [0.717, 1.165) is 30.2 Å². The first-order valence-corrected chi connectivity index (χ1v) is 11.9. The van der Waals surface area contributed by atoms with Crippen molar-refractivity contribution in [1.82, 2.24) is 10.3 Å². The standard InChI is InChI=1S/C26H33N5O4/c1-18-17-30(12-13-34-18)23-11-10-19(15-27-23)16-28-24(32)21-14-22(25(33)35-26(2,3)4)31(29-21)20-8-6-5-7-9-20/h5-11,15,18,22H,12-14,16-17H2,1-4H3,(H,28,32)/t18-,22+/m0/s1. The van der Waals surface area contributed by atoms with E-state index in [-0.39, 0.29) is 24.1 Å². The van der Waals surface area contributed by atoms with E-state index in [1.807, 2.05) is 70.2 Å². The molecule has 4 rings (SSSR count).